The summed E-state index contributed by atoms with van der Waals surface area (Å²) in [4.78, 5) is 40.8. The number of ether oxygens (including phenoxy) is 1. The van der Waals surface area contributed by atoms with Crippen molar-refractivity contribution in [3.05, 3.63) is 62.8 Å². The van der Waals surface area contributed by atoms with E-state index in [9.17, 15) is 33.4 Å². The molecule has 0 unspecified atom stereocenters. The monoisotopic (exact) mass is 487 g/mol. The summed E-state index contributed by atoms with van der Waals surface area (Å²) in [5.74, 6) is -2.49. The second kappa shape index (κ2) is 9.84. The van der Waals surface area contributed by atoms with Crippen LogP contribution in [0.5, 0.6) is 0 Å². The van der Waals surface area contributed by atoms with Crippen LogP contribution in [0.1, 0.15) is 34.1 Å². The third-order valence-corrected chi connectivity index (χ3v) is 6.35. The van der Waals surface area contributed by atoms with Crippen LogP contribution in [0.25, 0.3) is 0 Å². The molecule has 0 bridgehead atoms. The van der Waals surface area contributed by atoms with Gasteiger partial charge in [-0.15, -0.1) is 0 Å². The zero-order valence-electron chi connectivity index (χ0n) is 18.3. The molecule has 2 heterocycles. The smallest absolute Gasteiger partial charge is 0.340 e. The van der Waals surface area contributed by atoms with Crippen LogP contribution < -0.4 is 9.62 Å². The summed E-state index contributed by atoms with van der Waals surface area (Å²) < 4.78 is 31.7. The molecule has 2 aromatic rings. The highest BCUT2D eigenvalue weighted by Gasteiger charge is 2.37. The number of amides is 1. The van der Waals surface area contributed by atoms with Crippen LogP contribution in [0.3, 0.4) is 0 Å². The Hall–Kier alpha value is -4.05. The zero-order chi connectivity index (χ0) is 25.0. The molecule has 1 fully saturated rings. The Labute approximate surface area is 195 Å². The van der Waals surface area contributed by atoms with Gasteiger partial charge in [0.25, 0.3) is 5.69 Å². The minimum absolute atomic E-state index is 0.0388. The number of pyridine rings is 1. The average molecular weight is 487 g/mol. The molecule has 12 nitrogen and oxygen atoms in total. The first-order valence-electron chi connectivity index (χ1n) is 10.2. The number of esters is 1. The standard InChI is InChI=1S/C21H21N5O7S/c1-3-33-21(28)17-8-15(9-22)19(23-13(17)2)25-10-16(11-25)20(27)24-34(31,32)12-14-6-4-5-7-18(14)26(29)30/h4-8,16H,3,10-12H2,1-2H3,(H,24,27). The van der Waals surface area contributed by atoms with Gasteiger partial charge in [-0.3, -0.25) is 19.6 Å². The van der Waals surface area contributed by atoms with Crippen molar-refractivity contribution in [2.24, 2.45) is 5.92 Å². The maximum Gasteiger partial charge on any atom is 0.340 e. The Morgan fingerprint density at radius 3 is 2.65 bits per heavy atom. The predicted molar refractivity (Wildman–Crippen MR) is 119 cm³/mol. The van der Waals surface area contributed by atoms with Gasteiger partial charge in [0.05, 0.1) is 34.3 Å². The number of nitriles is 1. The van der Waals surface area contributed by atoms with Crippen molar-refractivity contribution in [2.75, 3.05) is 24.6 Å². The van der Waals surface area contributed by atoms with Crippen LogP contribution in [-0.2, 0) is 25.3 Å². The molecule has 34 heavy (non-hydrogen) atoms. The second-order valence-electron chi connectivity index (χ2n) is 7.54. The summed E-state index contributed by atoms with van der Waals surface area (Å²) in [6, 6.07) is 8.73. The van der Waals surface area contributed by atoms with E-state index in [0.29, 0.717) is 5.69 Å². The van der Waals surface area contributed by atoms with E-state index in [4.69, 9.17) is 4.74 Å². The summed E-state index contributed by atoms with van der Waals surface area (Å²) >= 11 is 0. The quantitative estimate of drug-likeness (QED) is 0.326. The van der Waals surface area contributed by atoms with Crippen molar-refractivity contribution in [1.82, 2.24) is 9.71 Å². The first-order valence-corrected chi connectivity index (χ1v) is 11.8. The van der Waals surface area contributed by atoms with E-state index in [2.05, 4.69) is 4.98 Å². The number of carbonyl (C=O) groups excluding carboxylic acids is 2. The largest absolute Gasteiger partial charge is 0.462 e. The van der Waals surface area contributed by atoms with E-state index in [1.165, 1.54) is 30.3 Å². The van der Waals surface area contributed by atoms with Gasteiger partial charge in [-0.05, 0) is 19.9 Å². The van der Waals surface area contributed by atoms with Crippen molar-refractivity contribution in [1.29, 1.82) is 5.26 Å². The third-order valence-electron chi connectivity index (χ3n) is 5.15. The summed E-state index contributed by atoms with van der Waals surface area (Å²) in [5.41, 5.74) is 0.247. The van der Waals surface area contributed by atoms with E-state index in [1.54, 1.807) is 18.7 Å². The lowest BCUT2D eigenvalue weighted by Crippen LogP contribution is -2.55. The minimum Gasteiger partial charge on any atom is -0.462 e. The molecular formula is C21H21N5O7S. The Bertz CT molecular complexity index is 1300. The molecule has 1 aliphatic heterocycles. The summed E-state index contributed by atoms with van der Waals surface area (Å²) in [6.45, 7) is 3.63. The van der Waals surface area contributed by atoms with Crippen molar-refractivity contribution >= 4 is 33.4 Å². The van der Waals surface area contributed by atoms with E-state index in [-0.39, 0.29) is 47.9 Å². The van der Waals surface area contributed by atoms with E-state index < -0.39 is 38.5 Å². The number of para-hydroxylation sites is 1. The highest BCUT2D eigenvalue weighted by atomic mass is 32.2. The summed E-state index contributed by atoms with van der Waals surface area (Å²) in [5, 5.41) is 20.6. The molecule has 13 heteroatoms. The normalized spacial score (nSPS) is 13.5. The van der Waals surface area contributed by atoms with Gasteiger partial charge in [0.1, 0.15) is 17.6 Å². The SMILES string of the molecule is CCOC(=O)c1cc(C#N)c(N2CC(C(=O)NS(=O)(=O)Cc3ccccc3[N+](=O)[O-])C2)nc1C. The zero-order valence-corrected chi connectivity index (χ0v) is 19.2. The predicted octanol–water partition coefficient (Wildman–Crippen LogP) is 1.43. The lowest BCUT2D eigenvalue weighted by atomic mass is 9.98. The molecule has 1 aromatic carbocycles. The molecule has 1 aliphatic rings. The molecule has 0 saturated carbocycles. The van der Waals surface area contributed by atoms with Gasteiger partial charge < -0.3 is 9.64 Å². The fourth-order valence-electron chi connectivity index (χ4n) is 3.44. The number of nitro benzene ring substituents is 1. The van der Waals surface area contributed by atoms with Crippen LogP contribution in [0.15, 0.2) is 30.3 Å². The van der Waals surface area contributed by atoms with Crippen molar-refractivity contribution in [2.45, 2.75) is 19.6 Å². The molecule has 0 aliphatic carbocycles. The molecule has 1 aromatic heterocycles. The van der Waals surface area contributed by atoms with Crippen molar-refractivity contribution in [3.63, 3.8) is 0 Å². The van der Waals surface area contributed by atoms with Gasteiger partial charge >= 0.3 is 5.97 Å². The molecule has 0 spiro atoms. The van der Waals surface area contributed by atoms with Crippen LogP contribution in [-0.4, -0.2) is 49.9 Å². The molecule has 1 saturated heterocycles. The lowest BCUT2D eigenvalue weighted by molar-refractivity contribution is -0.385. The molecule has 3 rings (SSSR count). The van der Waals surface area contributed by atoms with Gasteiger partial charge in [0, 0.05) is 24.7 Å². The first kappa shape index (κ1) is 24.6. The minimum atomic E-state index is -4.18. The number of anilines is 1. The highest BCUT2D eigenvalue weighted by molar-refractivity contribution is 7.89. The van der Waals surface area contributed by atoms with E-state index >= 15 is 0 Å². The van der Waals surface area contributed by atoms with Gasteiger partial charge in [-0.2, -0.15) is 5.26 Å². The van der Waals surface area contributed by atoms with Crippen LogP contribution in [0, 0.1) is 34.3 Å². The topological polar surface area (TPSA) is 173 Å². The van der Waals surface area contributed by atoms with E-state index in [1.807, 2.05) is 10.8 Å². The highest BCUT2D eigenvalue weighted by Crippen LogP contribution is 2.28. The number of aromatic nitrogens is 1. The van der Waals surface area contributed by atoms with Gasteiger partial charge in [-0.25, -0.2) is 18.2 Å². The molecular weight excluding hydrogens is 466 g/mol. The van der Waals surface area contributed by atoms with Crippen LogP contribution in [0.4, 0.5) is 11.5 Å². The van der Waals surface area contributed by atoms with E-state index in [0.717, 1.165) is 0 Å². The Kier molecular flexibility index (Phi) is 7.11. The second-order valence-corrected chi connectivity index (χ2v) is 9.26. The third kappa shape index (κ3) is 5.29. The summed E-state index contributed by atoms with van der Waals surface area (Å²) in [7, 11) is -4.18. The van der Waals surface area contributed by atoms with Gasteiger partial charge in [0.15, 0.2) is 0 Å². The van der Waals surface area contributed by atoms with Crippen molar-refractivity contribution < 1.29 is 27.7 Å². The number of nitrogens with zero attached hydrogens (tertiary/aromatic N) is 4. The molecule has 0 radical (unpaired) electrons. The lowest BCUT2D eigenvalue weighted by Gasteiger charge is -2.39. The number of rotatable bonds is 8. The number of hydrogen-bond donors (Lipinski definition) is 1. The Morgan fingerprint density at radius 2 is 2.03 bits per heavy atom. The van der Waals surface area contributed by atoms with Crippen LogP contribution >= 0.6 is 0 Å². The number of nitro groups is 1. The molecule has 178 valence electrons. The maximum absolute atomic E-state index is 12.5. The average Bonchev–Trinajstić information content (AvgIpc) is 2.72. The van der Waals surface area contributed by atoms with Crippen molar-refractivity contribution in [3.8, 4) is 6.07 Å². The number of sulfonamides is 1. The number of aryl methyl sites for hydroxylation is 1. The molecule has 1 amide bonds. The van der Waals surface area contributed by atoms with Crippen LogP contribution in [0.2, 0.25) is 0 Å². The fraction of sp³-hybridized carbons (Fsp3) is 0.333. The Morgan fingerprint density at radius 1 is 1.35 bits per heavy atom. The molecule has 0 atom stereocenters. The van der Waals surface area contributed by atoms with Gasteiger partial charge in [-0.1, -0.05) is 18.2 Å². The number of carbonyl (C=O) groups is 2. The fourth-order valence-corrected chi connectivity index (χ4v) is 4.64. The summed E-state index contributed by atoms with van der Waals surface area (Å²) in [6.07, 6.45) is 0. The number of nitrogens with one attached hydrogen (secondary N) is 1. The first-order chi connectivity index (χ1) is 16.1. The molecule has 1 N–H and O–H groups in total. The number of benzene rings is 1. The number of hydrogen-bond acceptors (Lipinski definition) is 10. The Balaban J connectivity index is 1.67. The maximum atomic E-state index is 12.5. The van der Waals surface area contributed by atoms with Gasteiger partial charge in [0.2, 0.25) is 15.9 Å².